The van der Waals surface area contributed by atoms with Crippen LogP contribution in [0.25, 0.3) is 10.4 Å². The van der Waals surface area contributed by atoms with Gasteiger partial charge in [0, 0.05) is 102 Å². The average molecular weight is 982 g/mol. The Bertz CT molecular complexity index is 1620. The Morgan fingerprint density at radius 2 is 1.45 bits per heavy atom. The number of azide groups is 1. The molecule has 2 unspecified atom stereocenters. The van der Waals surface area contributed by atoms with E-state index in [1.54, 1.807) is 30.8 Å². The molecule has 18 nitrogen and oxygen atoms in total. The molecular formula is C45H83N13O5S3. The van der Waals surface area contributed by atoms with E-state index in [2.05, 4.69) is 47.9 Å². The molecule has 1 aromatic rings. The maximum Gasteiger partial charge on any atom is 0.308 e. The predicted octanol–water partition coefficient (Wildman–Crippen LogP) is 8.36. The topological polar surface area (TPSA) is 237 Å². The van der Waals surface area contributed by atoms with Gasteiger partial charge in [0.25, 0.3) is 0 Å². The number of amides is 4. The molecule has 0 radical (unpaired) electrons. The van der Waals surface area contributed by atoms with E-state index in [0.29, 0.717) is 99.4 Å². The molecule has 0 fully saturated rings. The molecule has 5 N–H and O–H groups in total. The van der Waals surface area contributed by atoms with Crippen LogP contribution in [-0.2, 0) is 19.1 Å². The smallest absolute Gasteiger partial charge is 0.308 e. The number of ketones is 1. The Labute approximate surface area is 409 Å². The van der Waals surface area contributed by atoms with Gasteiger partial charge in [-0.15, -0.1) is 11.8 Å². The Hall–Kier alpha value is -3.49. The number of thiocarbonyl (C=S) groups is 1. The normalized spacial score (nSPS) is 12.1. The van der Waals surface area contributed by atoms with Gasteiger partial charge in [-0.1, -0.05) is 103 Å². The summed E-state index contributed by atoms with van der Waals surface area (Å²) in [4.78, 5) is 74.0. The molecule has 1 aromatic heterocycles. The van der Waals surface area contributed by atoms with Crippen molar-refractivity contribution in [1.29, 1.82) is 0 Å². The summed E-state index contributed by atoms with van der Waals surface area (Å²) in [5.41, 5.74) is 13.2. The standard InChI is InChI=1S/C45H83N13O5S3/c1-9-10-11-12-13-14-15-16-17-23-32-65-44(64)66-36(39(61)56(4)5)33-35(38(60)48-26-20-18-21-27-50-43(62)54-55-47)34-45(2,3)37(59)24-19-22-30-63-31-29-58(8)42-52-40(49-28-25-46)51-41(53-42)57(6)7/h35-36H,9-34,46H2,1-8H3,(H,48,60)(H,50,62)(H,49,51,52,53). The van der Waals surface area contributed by atoms with E-state index in [1.165, 1.54) is 63.1 Å². The summed E-state index contributed by atoms with van der Waals surface area (Å²) in [5, 5.41) is 11.1. The summed E-state index contributed by atoms with van der Waals surface area (Å²) < 4.78 is 6.62. The number of nitrogens with two attached hydrogens (primary N) is 1. The number of carbonyl (C=O) groups excluding carboxylic acids is 4. The van der Waals surface area contributed by atoms with Crippen molar-refractivity contribution in [3.63, 3.8) is 0 Å². The van der Waals surface area contributed by atoms with Crippen molar-refractivity contribution >= 4 is 80.7 Å². The second-order valence-electron chi connectivity index (χ2n) is 17.7. The van der Waals surface area contributed by atoms with Crippen molar-refractivity contribution in [1.82, 2.24) is 30.5 Å². The van der Waals surface area contributed by atoms with E-state index in [1.807, 2.05) is 44.8 Å². The number of ether oxygens (including phenoxy) is 1. The highest BCUT2D eigenvalue weighted by Gasteiger charge is 2.37. The summed E-state index contributed by atoms with van der Waals surface area (Å²) in [6, 6.07) is -0.724. The average Bonchev–Trinajstić information content (AvgIpc) is 3.28. The van der Waals surface area contributed by atoms with Gasteiger partial charge in [0.05, 0.1) is 11.9 Å². The highest BCUT2D eigenvalue weighted by molar-refractivity contribution is 8.47. The minimum Gasteiger partial charge on any atom is -0.380 e. The van der Waals surface area contributed by atoms with Gasteiger partial charge < -0.3 is 41.1 Å². The van der Waals surface area contributed by atoms with E-state index < -0.39 is 22.6 Å². The number of carbonyl (C=O) groups is 4. The molecule has 0 saturated heterocycles. The van der Waals surface area contributed by atoms with Crippen LogP contribution in [0.15, 0.2) is 5.11 Å². The van der Waals surface area contributed by atoms with Crippen LogP contribution >= 0.6 is 35.7 Å². The van der Waals surface area contributed by atoms with Gasteiger partial charge in [-0.3, -0.25) is 19.2 Å². The number of nitrogens with one attached hydrogen (secondary N) is 3. The van der Waals surface area contributed by atoms with Crippen LogP contribution in [0.1, 0.15) is 136 Å². The highest BCUT2D eigenvalue weighted by Crippen LogP contribution is 2.35. The van der Waals surface area contributed by atoms with E-state index in [9.17, 15) is 19.2 Å². The summed E-state index contributed by atoms with van der Waals surface area (Å²) >= 11 is 8.76. The number of unbranched alkanes of at least 4 members (excludes halogenated alkanes) is 12. The van der Waals surface area contributed by atoms with Gasteiger partial charge in [0.1, 0.15) is 9.31 Å². The number of rotatable bonds is 38. The molecular weight excluding hydrogens is 899 g/mol. The lowest BCUT2D eigenvalue weighted by Gasteiger charge is -2.30. The highest BCUT2D eigenvalue weighted by atomic mass is 32.2. The second-order valence-corrected chi connectivity index (χ2v) is 21.2. The monoisotopic (exact) mass is 982 g/mol. The van der Waals surface area contributed by atoms with Gasteiger partial charge in [-0.2, -0.15) is 15.0 Å². The van der Waals surface area contributed by atoms with E-state index in [0.717, 1.165) is 25.0 Å². The fraction of sp³-hybridized carbons (Fsp3) is 0.822. The number of thioether (sulfide) groups is 2. The SMILES string of the molecule is CCCCCCCCCCCCSC(=S)SC(CC(CC(C)(C)C(=O)CCCCOCCN(C)c1nc(NCCN)nc(N(C)C)n1)C(=O)NCCCCCNC(=O)N=[N+]=[N-])C(=O)N(C)C. The lowest BCUT2D eigenvalue weighted by molar-refractivity contribution is -0.131. The summed E-state index contributed by atoms with van der Waals surface area (Å²) in [7, 11) is 9.05. The molecule has 0 aromatic carbocycles. The van der Waals surface area contributed by atoms with Crippen molar-refractivity contribution in [2.45, 2.75) is 142 Å². The van der Waals surface area contributed by atoms with Gasteiger partial charge in [-0.25, -0.2) is 0 Å². The minimum atomic E-state index is -0.829. The zero-order valence-corrected chi connectivity index (χ0v) is 43.9. The third-order valence-corrected chi connectivity index (χ3v) is 13.8. The number of urea groups is 1. The zero-order valence-electron chi connectivity index (χ0n) is 41.4. The van der Waals surface area contributed by atoms with Crippen LogP contribution in [0.3, 0.4) is 0 Å². The van der Waals surface area contributed by atoms with E-state index in [4.69, 9.17) is 28.2 Å². The van der Waals surface area contributed by atoms with Gasteiger partial charge in [0.2, 0.25) is 29.7 Å². The largest absolute Gasteiger partial charge is 0.380 e. The first-order valence-electron chi connectivity index (χ1n) is 23.9. The molecule has 21 heteroatoms. The molecule has 0 aliphatic heterocycles. The minimum absolute atomic E-state index is 0.0547. The van der Waals surface area contributed by atoms with Crippen molar-refractivity contribution < 1.29 is 23.9 Å². The lowest BCUT2D eigenvalue weighted by atomic mass is 9.76. The summed E-state index contributed by atoms with van der Waals surface area (Å²) in [6.45, 7) is 9.24. The molecule has 376 valence electrons. The molecule has 1 heterocycles. The fourth-order valence-corrected chi connectivity index (χ4v) is 9.78. The molecule has 0 bridgehead atoms. The van der Waals surface area contributed by atoms with Crippen LogP contribution in [0.2, 0.25) is 0 Å². The Kier molecular flexibility index (Phi) is 33.5. The molecule has 4 amide bonds. The third-order valence-electron chi connectivity index (χ3n) is 10.9. The van der Waals surface area contributed by atoms with Gasteiger partial charge >= 0.3 is 6.03 Å². The van der Waals surface area contributed by atoms with Gasteiger partial charge in [-0.05, 0) is 62.7 Å². The number of nitrogens with zero attached hydrogens (tertiary/aromatic N) is 9. The van der Waals surface area contributed by atoms with Crippen molar-refractivity contribution in [2.75, 3.05) is 102 Å². The van der Waals surface area contributed by atoms with Crippen LogP contribution in [0.4, 0.5) is 22.6 Å². The van der Waals surface area contributed by atoms with Crippen molar-refractivity contribution in [2.24, 2.45) is 22.2 Å². The number of hydrogen-bond donors (Lipinski definition) is 4. The summed E-state index contributed by atoms with van der Waals surface area (Å²) in [5.74, 6) is 1.51. The molecule has 1 rings (SSSR count). The molecule has 0 aliphatic rings. The molecule has 0 saturated carbocycles. The molecule has 0 aliphatic carbocycles. The van der Waals surface area contributed by atoms with Crippen LogP contribution in [-0.4, -0.2) is 139 Å². The molecule has 0 spiro atoms. The van der Waals surface area contributed by atoms with Gasteiger partial charge in [0.15, 0.2) is 0 Å². The number of hydrogen-bond acceptors (Lipinski definition) is 15. The third kappa shape index (κ3) is 28.0. The fourth-order valence-electron chi connectivity index (χ4n) is 6.93. The molecule has 66 heavy (non-hydrogen) atoms. The van der Waals surface area contributed by atoms with E-state index in [-0.39, 0.29) is 30.4 Å². The number of anilines is 3. The lowest BCUT2D eigenvalue weighted by Crippen LogP contribution is -2.41. The van der Waals surface area contributed by atoms with Crippen molar-refractivity contribution in [3.05, 3.63) is 10.4 Å². The Morgan fingerprint density at radius 1 is 0.833 bits per heavy atom. The summed E-state index contributed by atoms with van der Waals surface area (Å²) in [6.07, 6.45) is 16.8. The van der Waals surface area contributed by atoms with Crippen molar-refractivity contribution in [3.8, 4) is 0 Å². The Balaban J connectivity index is 2.84. The van der Waals surface area contributed by atoms with Crippen LogP contribution < -0.4 is 31.5 Å². The predicted molar refractivity (Wildman–Crippen MR) is 278 cm³/mol. The first kappa shape index (κ1) is 60.5. The maximum atomic E-state index is 14.0. The van der Waals surface area contributed by atoms with Crippen LogP contribution in [0, 0.1) is 11.3 Å². The number of aromatic nitrogens is 3. The maximum absolute atomic E-state index is 14.0. The second kappa shape index (κ2) is 36.5. The Morgan fingerprint density at radius 3 is 2.08 bits per heavy atom. The number of Topliss-reactive ketones (excluding diaryl/α,β-unsaturated/α-hetero) is 1. The first-order valence-corrected chi connectivity index (χ1v) is 26.2. The quantitative estimate of drug-likeness (QED) is 0.0160. The molecule has 2 atom stereocenters. The first-order chi connectivity index (χ1) is 31.6. The zero-order chi connectivity index (χ0) is 49.2. The van der Waals surface area contributed by atoms with E-state index >= 15 is 0 Å². The van der Waals surface area contributed by atoms with Crippen LogP contribution in [0.5, 0.6) is 0 Å². The number of likely N-dealkylation sites (N-methyl/N-ethyl adjacent to an activating group) is 1.